The summed E-state index contributed by atoms with van der Waals surface area (Å²) in [5.74, 6) is -0.660. The molecule has 0 unspecified atom stereocenters. The largest absolute Gasteiger partial charge is 0.461 e. The molecule has 2 N–H and O–H groups in total. The Bertz CT molecular complexity index is 1280. The number of sulfonamides is 1. The lowest BCUT2D eigenvalue weighted by Gasteiger charge is -2.09. The third kappa shape index (κ3) is 6.09. The van der Waals surface area contributed by atoms with Gasteiger partial charge in [0.05, 0.1) is 17.2 Å². The molecule has 0 radical (unpaired) electrons. The number of carbonyl (C=O) groups excluding carboxylic acids is 2. The first-order valence-corrected chi connectivity index (χ1v) is 12.6. The highest BCUT2D eigenvalue weighted by atomic mass is 32.2. The minimum atomic E-state index is -3.48. The van der Waals surface area contributed by atoms with E-state index < -0.39 is 16.0 Å². The zero-order valence-corrected chi connectivity index (χ0v) is 19.5. The van der Waals surface area contributed by atoms with Gasteiger partial charge in [-0.25, -0.2) is 22.6 Å². The molecule has 0 bridgehead atoms. The van der Waals surface area contributed by atoms with Crippen LogP contribution in [0.15, 0.2) is 65.7 Å². The van der Waals surface area contributed by atoms with Crippen molar-refractivity contribution in [2.24, 2.45) is 0 Å². The number of nitrogens with zero attached hydrogens (tertiary/aromatic N) is 2. The first-order valence-electron chi connectivity index (χ1n) is 11.1. The lowest BCUT2D eigenvalue weighted by Crippen LogP contribution is -2.25. The minimum absolute atomic E-state index is 0.0554. The highest BCUT2D eigenvalue weighted by molar-refractivity contribution is 7.89. The Hall–Kier alpha value is -3.50. The maximum atomic E-state index is 12.5. The van der Waals surface area contributed by atoms with E-state index in [-0.39, 0.29) is 35.6 Å². The maximum absolute atomic E-state index is 12.5. The van der Waals surface area contributed by atoms with E-state index in [1.807, 2.05) is 6.07 Å². The molecule has 1 aliphatic rings. The van der Waals surface area contributed by atoms with Gasteiger partial charge in [-0.3, -0.25) is 4.79 Å². The van der Waals surface area contributed by atoms with Gasteiger partial charge in [-0.2, -0.15) is 5.10 Å². The number of ether oxygens (including phenoxy) is 1. The molecule has 1 saturated carbocycles. The van der Waals surface area contributed by atoms with Crippen LogP contribution in [0, 0.1) is 0 Å². The average molecular weight is 483 g/mol. The normalized spacial score (nSPS) is 13.4. The Morgan fingerprint density at radius 2 is 1.88 bits per heavy atom. The summed E-state index contributed by atoms with van der Waals surface area (Å²) < 4.78 is 33.6. The minimum Gasteiger partial charge on any atom is -0.461 e. The fraction of sp³-hybridized carbons (Fsp3) is 0.292. The van der Waals surface area contributed by atoms with Gasteiger partial charge in [0.1, 0.15) is 0 Å². The molecule has 2 aromatic carbocycles. The van der Waals surface area contributed by atoms with Crippen LogP contribution in [0.2, 0.25) is 0 Å². The van der Waals surface area contributed by atoms with Crippen molar-refractivity contribution in [2.75, 3.05) is 11.9 Å². The van der Waals surface area contributed by atoms with Crippen LogP contribution in [0.1, 0.15) is 42.2 Å². The van der Waals surface area contributed by atoms with E-state index in [0.29, 0.717) is 17.8 Å². The molecule has 0 spiro atoms. The Balaban J connectivity index is 1.32. The highest BCUT2D eigenvalue weighted by Crippen LogP contribution is 2.22. The van der Waals surface area contributed by atoms with Gasteiger partial charge in [0.15, 0.2) is 5.69 Å². The highest BCUT2D eigenvalue weighted by Gasteiger charge is 2.27. The number of hydrogen-bond donors (Lipinski definition) is 2. The molecule has 1 heterocycles. The molecule has 0 atom stereocenters. The van der Waals surface area contributed by atoms with Crippen molar-refractivity contribution >= 4 is 27.6 Å². The number of anilines is 1. The lowest BCUT2D eigenvalue weighted by molar-refractivity contribution is -0.116. The monoisotopic (exact) mass is 482 g/mol. The quantitative estimate of drug-likeness (QED) is 0.429. The molecular weight excluding hydrogens is 456 g/mol. The Labute approximate surface area is 198 Å². The fourth-order valence-corrected chi connectivity index (χ4v) is 4.62. The van der Waals surface area contributed by atoms with Crippen LogP contribution in [0.4, 0.5) is 5.69 Å². The van der Waals surface area contributed by atoms with Crippen LogP contribution in [0.5, 0.6) is 0 Å². The van der Waals surface area contributed by atoms with Gasteiger partial charge in [0.2, 0.25) is 15.9 Å². The van der Waals surface area contributed by atoms with E-state index in [1.54, 1.807) is 61.7 Å². The fourth-order valence-electron chi connectivity index (χ4n) is 3.31. The molecule has 1 amide bonds. The van der Waals surface area contributed by atoms with Gasteiger partial charge >= 0.3 is 5.97 Å². The van der Waals surface area contributed by atoms with Crippen molar-refractivity contribution in [2.45, 2.75) is 43.5 Å². The van der Waals surface area contributed by atoms with Crippen LogP contribution in [-0.4, -0.2) is 42.7 Å². The number of hydrogen-bond acceptors (Lipinski definition) is 6. The molecule has 0 saturated heterocycles. The summed E-state index contributed by atoms with van der Waals surface area (Å²) >= 11 is 0. The van der Waals surface area contributed by atoms with E-state index in [0.717, 1.165) is 18.4 Å². The second kappa shape index (κ2) is 10.2. The molecule has 3 aromatic rings. The summed E-state index contributed by atoms with van der Waals surface area (Å²) in [6.45, 7) is 2.00. The third-order valence-electron chi connectivity index (χ3n) is 5.24. The van der Waals surface area contributed by atoms with E-state index in [1.165, 1.54) is 4.68 Å². The van der Waals surface area contributed by atoms with Crippen LogP contribution in [-0.2, 0) is 26.0 Å². The van der Waals surface area contributed by atoms with E-state index in [9.17, 15) is 18.0 Å². The molecule has 4 rings (SSSR count). The zero-order valence-electron chi connectivity index (χ0n) is 18.7. The second-order valence-electron chi connectivity index (χ2n) is 8.00. The molecule has 0 aliphatic heterocycles. The zero-order chi connectivity index (χ0) is 24.1. The van der Waals surface area contributed by atoms with Gasteiger partial charge < -0.3 is 10.1 Å². The van der Waals surface area contributed by atoms with Gasteiger partial charge in [0.25, 0.3) is 0 Å². The summed E-state index contributed by atoms with van der Waals surface area (Å²) in [5.41, 5.74) is 2.36. The molecular formula is C24H26N4O5S. The molecule has 34 heavy (non-hydrogen) atoms. The smallest absolute Gasteiger partial charge is 0.358 e. The van der Waals surface area contributed by atoms with Crippen LogP contribution in [0.3, 0.4) is 0 Å². The Morgan fingerprint density at radius 3 is 2.59 bits per heavy atom. The van der Waals surface area contributed by atoms with E-state index in [4.69, 9.17) is 4.74 Å². The average Bonchev–Trinajstić information content (AvgIpc) is 3.47. The SMILES string of the molecule is CCOC(=O)c1ccn(-c2cccc(NC(=O)CCc3ccc(S(=O)(=O)NC4CC4)cc3)c2)n1. The van der Waals surface area contributed by atoms with Gasteiger partial charge in [-0.05, 0) is 68.1 Å². The van der Waals surface area contributed by atoms with Gasteiger partial charge in [-0.1, -0.05) is 18.2 Å². The van der Waals surface area contributed by atoms with Crippen molar-refractivity contribution in [1.82, 2.24) is 14.5 Å². The molecule has 178 valence electrons. The summed E-state index contributed by atoms with van der Waals surface area (Å²) in [4.78, 5) is 24.5. The van der Waals surface area contributed by atoms with Crippen LogP contribution < -0.4 is 10.0 Å². The number of benzene rings is 2. The van der Waals surface area contributed by atoms with Crippen LogP contribution in [0.25, 0.3) is 5.69 Å². The van der Waals surface area contributed by atoms with E-state index in [2.05, 4.69) is 15.1 Å². The first kappa shape index (κ1) is 23.7. The molecule has 1 fully saturated rings. The summed E-state index contributed by atoms with van der Waals surface area (Å²) in [7, 11) is -3.48. The Morgan fingerprint density at radius 1 is 1.12 bits per heavy atom. The lowest BCUT2D eigenvalue weighted by atomic mass is 10.1. The van der Waals surface area contributed by atoms with Crippen LogP contribution >= 0.6 is 0 Å². The predicted octanol–water partition coefficient (Wildman–Crippen LogP) is 3.06. The van der Waals surface area contributed by atoms with Gasteiger partial charge in [0, 0.05) is 24.3 Å². The maximum Gasteiger partial charge on any atom is 0.358 e. The van der Waals surface area contributed by atoms with Gasteiger partial charge in [-0.15, -0.1) is 0 Å². The predicted molar refractivity (Wildman–Crippen MR) is 126 cm³/mol. The third-order valence-corrected chi connectivity index (χ3v) is 6.78. The van der Waals surface area contributed by atoms with Crippen molar-refractivity contribution < 1.29 is 22.7 Å². The summed E-state index contributed by atoms with van der Waals surface area (Å²) in [6.07, 6.45) is 4.13. The molecule has 10 heteroatoms. The number of carbonyl (C=O) groups is 2. The number of esters is 1. The van der Waals surface area contributed by atoms with Crippen molar-refractivity contribution in [3.63, 3.8) is 0 Å². The standard InChI is InChI=1S/C24H26N4O5S/c1-2-33-24(30)22-14-15-28(26-22)20-5-3-4-19(16-20)25-23(29)13-8-17-6-11-21(12-7-17)34(31,32)27-18-9-10-18/h3-7,11-12,14-16,18,27H,2,8-10,13H2,1H3,(H,25,29). The topological polar surface area (TPSA) is 119 Å². The number of amides is 1. The molecule has 1 aromatic heterocycles. The molecule has 1 aliphatic carbocycles. The van der Waals surface area contributed by atoms with Crippen molar-refractivity contribution in [1.29, 1.82) is 0 Å². The number of aryl methyl sites for hydroxylation is 1. The number of nitrogens with one attached hydrogen (secondary N) is 2. The Kier molecular flexibility index (Phi) is 7.09. The molecule has 9 nitrogen and oxygen atoms in total. The first-order chi connectivity index (χ1) is 16.3. The van der Waals surface area contributed by atoms with Crippen molar-refractivity contribution in [3.05, 3.63) is 72.1 Å². The van der Waals surface area contributed by atoms with Crippen molar-refractivity contribution in [3.8, 4) is 5.69 Å². The number of aromatic nitrogens is 2. The number of rotatable bonds is 10. The summed E-state index contributed by atoms with van der Waals surface area (Å²) in [6, 6.07) is 15.3. The summed E-state index contributed by atoms with van der Waals surface area (Å²) in [5, 5.41) is 7.08. The second-order valence-corrected chi connectivity index (χ2v) is 9.72. The van der Waals surface area contributed by atoms with E-state index >= 15 is 0 Å².